The Labute approximate surface area is 102 Å². The average Bonchev–Trinajstić information content (AvgIpc) is 2.20. The van der Waals surface area contributed by atoms with E-state index < -0.39 is 24.0 Å². The molecule has 0 spiro atoms. The molecule has 0 aromatic heterocycles. The third-order valence-electron chi connectivity index (χ3n) is 2.78. The van der Waals surface area contributed by atoms with Gasteiger partial charge in [-0.25, -0.2) is 4.79 Å². The normalized spacial score (nSPS) is 31.6. The average molecular weight is 241 g/mol. The zero-order valence-corrected chi connectivity index (χ0v) is 10.6. The molecule has 1 aliphatic rings. The van der Waals surface area contributed by atoms with E-state index in [0.717, 1.165) is 0 Å². The van der Waals surface area contributed by atoms with E-state index in [-0.39, 0.29) is 6.10 Å². The van der Waals surface area contributed by atoms with Gasteiger partial charge in [-0.15, -0.1) is 6.42 Å². The topological polar surface area (TPSA) is 59.0 Å². The first-order valence-electron chi connectivity index (χ1n) is 5.63. The van der Waals surface area contributed by atoms with Crippen LogP contribution in [0.5, 0.6) is 0 Å². The Balaban J connectivity index is 2.97. The van der Waals surface area contributed by atoms with Crippen molar-refractivity contribution in [3.05, 3.63) is 0 Å². The van der Waals surface area contributed by atoms with Crippen molar-refractivity contribution in [2.24, 2.45) is 0 Å². The zero-order chi connectivity index (χ0) is 13.2. The summed E-state index contributed by atoms with van der Waals surface area (Å²) < 4.78 is 11.2. The summed E-state index contributed by atoms with van der Waals surface area (Å²) in [6, 6.07) is -0.476. The van der Waals surface area contributed by atoms with Crippen LogP contribution in [0.15, 0.2) is 0 Å². The lowest BCUT2D eigenvalue weighted by molar-refractivity contribution is -0.303. The molecule has 1 unspecified atom stereocenters. The Kier molecular flexibility index (Phi) is 4.02. The van der Waals surface area contributed by atoms with Crippen molar-refractivity contribution >= 4 is 6.09 Å². The number of likely N-dealkylation sites (N-methyl/N-ethyl adjacent to an activating group) is 1. The lowest BCUT2D eigenvalue weighted by Gasteiger charge is -2.46. The number of rotatable bonds is 2. The Hall–Kier alpha value is -1.25. The number of amides is 1. The van der Waals surface area contributed by atoms with Crippen molar-refractivity contribution in [2.45, 2.75) is 51.7 Å². The maximum atomic E-state index is 11.1. The van der Waals surface area contributed by atoms with Crippen LogP contribution < -0.4 is 0 Å². The van der Waals surface area contributed by atoms with Gasteiger partial charge in [0, 0.05) is 6.54 Å². The predicted octanol–water partition coefficient (Wildman–Crippen LogP) is 1.53. The molecule has 96 valence electrons. The maximum Gasteiger partial charge on any atom is 0.407 e. The number of hydrogen-bond donors (Lipinski definition) is 1. The fourth-order valence-corrected chi connectivity index (χ4v) is 2.19. The molecule has 1 N–H and O–H groups in total. The second-order valence-corrected chi connectivity index (χ2v) is 4.49. The molecule has 17 heavy (non-hydrogen) atoms. The summed E-state index contributed by atoms with van der Waals surface area (Å²) in [6.45, 7) is 7.44. The Morgan fingerprint density at radius 1 is 1.53 bits per heavy atom. The predicted molar refractivity (Wildman–Crippen MR) is 62.5 cm³/mol. The number of ether oxygens (including phenoxy) is 2. The van der Waals surface area contributed by atoms with Crippen LogP contribution >= 0.6 is 0 Å². The van der Waals surface area contributed by atoms with Gasteiger partial charge in [-0.2, -0.15) is 0 Å². The molecule has 0 radical (unpaired) electrons. The highest BCUT2D eigenvalue weighted by Gasteiger charge is 2.44. The summed E-state index contributed by atoms with van der Waals surface area (Å²) in [5, 5.41) is 9.13. The molecule has 1 fully saturated rings. The molecule has 1 heterocycles. The van der Waals surface area contributed by atoms with E-state index in [2.05, 4.69) is 5.92 Å². The molecule has 0 aliphatic carbocycles. The van der Waals surface area contributed by atoms with Crippen molar-refractivity contribution in [2.75, 3.05) is 6.54 Å². The van der Waals surface area contributed by atoms with Crippen LogP contribution in [0.3, 0.4) is 0 Å². The van der Waals surface area contributed by atoms with Gasteiger partial charge in [-0.3, -0.25) is 4.90 Å². The molecular weight excluding hydrogens is 222 g/mol. The molecule has 0 aromatic rings. The van der Waals surface area contributed by atoms with Gasteiger partial charge in [0.2, 0.25) is 0 Å². The molecule has 5 heteroatoms. The number of nitrogens with zero attached hydrogens (tertiary/aromatic N) is 1. The van der Waals surface area contributed by atoms with E-state index in [9.17, 15) is 4.79 Å². The molecule has 0 bridgehead atoms. The number of hydrogen-bond acceptors (Lipinski definition) is 3. The van der Waals surface area contributed by atoms with Crippen LogP contribution in [-0.4, -0.2) is 46.7 Å². The molecule has 0 saturated carbocycles. The van der Waals surface area contributed by atoms with Crippen molar-refractivity contribution in [3.8, 4) is 12.3 Å². The van der Waals surface area contributed by atoms with Crippen LogP contribution in [0.1, 0.15) is 27.7 Å². The first-order chi connectivity index (χ1) is 7.82. The highest BCUT2D eigenvalue weighted by molar-refractivity contribution is 5.65. The van der Waals surface area contributed by atoms with Crippen LogP contribution in [0.4, 0.5) is 4.79 Å². The third-order valence-corrected chi connectivity index (χ3v) is 2.78. The monoisotopic (exact) mass is 241 g/mol. The first-order valence-corrected chi connectivity index (χ1v) is 5.63. The summed E-state index contributed by atoms with van der Waals surface area (Å²) in [7, 11) is 0. The van der Waals surface area contributed by atoms with Gasteiger partial charge in [0.05, 0.1) is 12.1 Å². The van der Waals surface area contributed by atoms with Crippen molar-refractivity contribution in [1.29, 1.82) is 0 Å². The van der Waals surface area contributed by atoms with Gasteiger partial charge in [-0.1, -0.05) is 5.92 Å². The number of terminal acetylenes is 1. The van der Waals surface area contributed by atoms with E-state index in [1.54, 1.807) is 20.8 Å². The number of carbonyl (C=O) groups is 1. The largest absolute Gasteiger partial charge is 0.465 e. The SMILES string of the molecule is C#C[C@@H]1OC(C)(C)OC(C)[C@H]1N(CC)C(=O)O. The van der Waals surface area contributed by atoms with E-state index in [0.29, 0.717) is 6.54 Å². The minimum absolute atomic E-state index is 0.309. The highest BCUT2D eigenvalue weighted by atomic mass is 16.7. The minimum atomic E-state index is -1.02. The summed E-state index contributed by atoms with van der Waals surface area (Å²) >= 11 is 0. The van der Waals surface area contributed by atoms with Crippen LogP contribution in [0, 0.1) is 12.3 Å². The van der Waals surface area contributed by atoms with Crippen LogP contribution in [0.2, 0.25) is 0 Å². The Morgan fingerprint density at radius 3 is 2.53 bits per heavy atom. The second kappa shape index (κ2) is 4.94. The smallest absolute Gasteiger partial charge is 0.407 e. The van der Waals surface area contributed by atoms with Crippen molar-refractivity contribution in [3.63, 3.8) is 0 Å². The van der Waals surface area contributed by atoms with Crippen molar-refractivity contribution < 1.29 is 19.4 Å². The van der Waals surface area contributed by atoms with Crippen LogP contribution in [-0.2, 0) is 9.47 Å². The van der Waals surface area contributed by atoms with Gasteiger partial charge in [0.15, 0.2) is 5.79 Å². The van der Waals surface area contributed by atoms with Crippen LogP contribution in [0.25, 0.3) is 0 Å². The van der Waals surface area contributed by atoms with Gasteiger partial charge in [0.1, 0.15) is 6.10 Å². The number of carboxylic acid groups (broad SMARTS) is 1. The first kappa shape index (κ1) is 13.8. The third kappa shape index (κ3) is 2.90. The Bertz CT molecular complexity index is 334. The Morgan fingerprint density at radius 2 is 2.12 bits per heavy atom. The van der Waals surface area contributed by atoms with E-state index in [4.69, 9.17) is 21.0 Å². The quantitative estimate of drug-likeness (QED) is 0.745. The van der Waals surface area contributed by atoms with Crippen molar-refractivity contribution in [1.82, 2.24) is 4.90 Å². The van der Waals surface area contributed by atoms with Gasteiger partial charge in [0.25, 0.3) is 0 Å². The summed E-state index contributed by atoms with van der Waals surface area (Å²) in [5.41, 5.74) is 0. The lowest BCUT2D eigenvalue weighted by atomic mass is 10.0. The summed E-state index contributed by atoms with van der Waals surface area (Å²) in [4.78, 5) is 12.4. The molecule has 3 atom stereocenters. The van der Waals surface area contributed by atoms with E-state index >= 15 is 0 Å². The van der Waals surface area contributed by atoms with Gasteiger partial charge in [-0.05, 0) is 27.7 Å². The van der Waals surface area contributed by atoms with E-state index in [1.807, 2.05) is 6.92 Å². The molecule has 1 saturated heterocycles. The molecule has 1 rings (SSSR count). The summed E-state index contributed by atoms with van der Waals surface area (Å²) in [5.74, 6) is 1.72. The fraction of sp³-hybridized carbons (Fsp3) is 0.750. The lowest BCUT2D eigenvalue weighted by Crippen LogP contribution is -2.60. The maximum absolute atomic E-state index is 11.1. The second-order valence-electron chi connectivity index (χ2n) is 4.49. The zero-order valence-electron chi connectivity index (χ0n) is 10.6. The van der Waals surface area contributed by atoms with E-state index in [1.165, 1.54) is 4.90 Å². The summed E-state index contributed by atoms with van der Waals surface area (Å²) in [6.07, 6.45) is 3.50. The molecular formula is C12H19NO4. The fourth-order valence-electron chi connectivity index (χ4n) is 2.19. The molecule has 1 aliphatic heterocycles. The minimum Gasteiger partial charge on any atom is -0.465 e. The molecule has 0 aromatic carbocycles. The highest BCUT2D eigenvalue weighted by Crippen LogP contribution is 2.29. The standard InChI is InChI=1S/C12H19NO4/c1-6-9-10(13(7-2)11(14)15)8(3)16-12(4,5)17-9/h1,8-10H,7H2,2-5H3,(H,14,15)/t8?,9-,10+/m0/s1. The van der Waals surface area contributed by atoms with Gasteiger partial charge < -0.3 is 14.6 Å². The molecule has 1 amide bonds. The molecule has 5 nitrogen and oxygen atoms in total. The van der Waals surface area contributed by atoms with Gasteiger partial charge >= 0.3 is 6.09 Å².